The molecule has 5 bridgehead atoms. The average molecular weight is 628 g/mol. The van der Waals surface area contributed by atoms with Crippen LogP contribution in [0.25, 0.3) is 10.9 Å². The molecule has 1 amide bonds. The number of fused-ring (bicyclic) bond motifs is 5. The van der Waals surface area contributed by atoms with Crippen molar-refractivity contribution in [2.45, 2.75) is 44.8 Å². The lowest BCUT2D eigenvalue weighted by Gasteiger charge is -2.25. The fourth-order valence-electron chi connectivity index (χ4n) is 5.94. The van der Waals surface area contributed by atoms with Crippen molar-refractivity contribution >= 4 is 34.4 Å². The first-order valence-corrected chi connectivity index (χ1v) is 15.7. The van der Waals surface area contributed by atoms with Crippen molar-refractivity contribution in [1.29, 1.82) is 0 Å². The summed E-state index contributed by atoms with van der Waals surface area (Å²) in [6.45, 7) is 6.92. The summed E-state index contributed by atoms with van der Waals surface area (Å²) in [5.41, 5.74) is 1.52. The maximum Gasteiger partial charge on any atom is 0.338 e. The number of carbonyl (C=O) groups is 2. The number of aryl methyl sites for hydroxylation is 1. The van der Waals surface area contributed by atoms with E-state index in [0.717, 1.165) is 70.3 Å². The Bertz CT molecular complexity index is 1440. The second-order valence-corrected chi connectivity index (χ2v) is 11.7. The van der Waals surface area contributed by atoms with Crippen LogP contribution in [-0.4, -0.2) is 105 Å². The van der Waals surface area contributed by atoms with Crippen LogP contribution >= 0.6 is 11.6 Å². The van der Waals surface area contributed by atoms with Crippen LogP contribution in [-0.2, 0) is 11.3 Å². The molecule has 1 fully saturated rings. The number of nitrogens with zero attached hydrogens (tertiary/aromatic N) is 4. The zero-order valence-corrected chi connectivity index (χ0v) is 26.5. The predicted molar refractivity (Wildman–Crippen MR) is 168 cm³/mol. The highest BCUT2D eigenvalue weighted by atomic mass is 35.5. The van der Waals surface area contributed by atoms with Gasteiger partial charge in [0.05, 0.1) is 37.4 Å². The molecule has 3 unspecified atom stereocenters. The Morgan fingerprint density at radius 2 is 1.57 bits per heavy atom. The molecule has 1 saturated heterocycles. The van der Waals surface area contributed by atoms with E-state index in [2.05, 4.69) is 15.1 Å². The van der Waals surface area contributed by atoms with Crippen molar-refractivity contribution < 1.29 is 28.5 Å². The molecule has 0 saturated carbocycles. The molecule has 3 aromatic rings. The minimum absolute atomic E-state index is 0.142. The third-order valence-corrected chi connectivity index (χ3v) is 8.67. The van der Waals surface area contributed by atoms with Gasteiger partial charge in [0.1, 0.15) is 6.10 Å². The summed E-state index contributed by atoms with van der Waals surface area (Å²) in [7, 11) is 4.56. The van der Waals surface area contributed by atoms with E-state index in [0.29, 0.717) is 58.4 Å². The summed E-state index contributed by atoms with van der Waals surface area (Å²) in [6, 6.07) is 6.73. The maximum absolute atomic E-state index is 13.4. The van der Waals surface area contributed by atoms with Crippen molar-refractivity contribution in [2.24, 2.45) is 0 Å². The van der Waals surface area contributed by atoms with E-state index in [4.69, 9.17) is 35.6 Å². The van der Waals surface area contributed by atoms with Gasteiger partial charge in [0.2, 0.25) is 5.75 Å². The molecule has 3 heterocycles. The Labute approximate surface area is 263 Å². The molecule has 1 aromatic heterocycles. The first kappa shape index (κ1) is 31.9. The van der Waals surface area contributed by atoms with Crippen LogP contribution in [0.5, 0.6) is 17.2 Å². The smallest absolute Gasteiger partial charge is 0.338 e. The van der Waals surface area contributed by atoms with E-state index in [1.54, 1.807) is 24.3 Å². The van der Waals surface area contributed by atoms with Crippen LogP contribution in [0.2, 0.25) is 5.02 Å². The number of carbonyl (C=O) groups excluding carboxylic acids is 2. The van der Waals surface area contributed by atoms with Crippen LogP contribution in [0.15, 0.2) is 30.5 Å². The zero-order valence-electron chi connectivity index (χ0n) is 25.8. The fraction of sp³-hybridized carbons (Fsp3) is 0.531. The second kappa shape index (κ2) is 15.0. The second-order valence-electron chi connectivity index (χ2n) is 11.3. The van der Waals surface area contributed by atoms with E-state index in [1.165, 1.54) is 21.3 Å². The summed E-state index contributed by atoms with van der Waals surface area (Å²) in [5.74, 6) is 0.636. The SMILES string of the molecule is COc1cc(C(=O)OC2CCCn3cc4c(Cl)cc(cc4n3)C(=O)NCCCN3CCCN(CC2)CC3)cc(OC)c1OC. The van der Waals surface area contributed by atoms with E-state index in [9.17, 15) is 9.59 Å². The van der Waals surface area contributed by atoms with Crippen LogP contribution in [0.3, 0.4) is 0 Å². The Hall–Kier alpha value is -3.54. The van der Waals surface area contributed by atoms with Crippen molar-refractivity contribution in [3.63, 3.8) is 0 Å². The molecule has 0 spiro atoms. The molecule has 1 N–H and O–H groups in total. The number of rotatable bonds is 5. The van der Waals surface area contributed by atoms with E-state index >= 15 is 0 Å². The molecular formula is C32H42ClN5O6. The van der Waals surface area contributed by atoms with Gasteiger partial charge in [-0.05, 0) is 76.0 Å². The summed E-state index contributed by atoms with van der Waals surface area (Å²) in [4.78, 5) is 31.2. The predicted octanol–water partition coefficient (Wildman–Crippen LogP) is 4.25. The van der Waals surface area contributed by atoms with Crippen LogP contribution < -0.4 is 19.5 Å². The number of hydrogen-bond acceptors (Lipinski definition) is 9. The van der Waals surface area contributed by atoms with E-state index in [-0.39, 0.29) is 12.0 Å². The Balaban J connectivity index is 1.36. The number of ether oxygens (including phenoxy) is 4. The third kappa shape index (κ3) is 7.75. The van der Waals surface area contributed by atoms with Crippen LogP contribution in [0.4, 0.5) is 0 Å². The standard InChI is InChI=1S/C32H42ClN5O6/c1-41-28-19-23(20-29(42-2)30(28)43-3)32(40)44-24-7-4-13-38-21-25-26(33)17-22(18-27(25)35-38)31(39)34-9-5-10-36-11-6-12-37(14-8-24)16-15-36/h17-21,24H,4-16H2,1-3H3,(H,34,39). The number of aromatic nitrogens is 2. The fourth-order valence-corrected chi connectivity index (χ4v) is 6.21. The van der Waals surface area contributed by atoms with Crippen molar-refractivity contribution in [3.05, 3.63) is 46.6 Å². The highest BCUT2D eigenvalue weighted by Gasteiger charge is 2.23. The first-order chi connectivity index (χ1) is 21.4. The van der Waals surface area contributed by atoms with Crippen molar-refractivity contribution in [2.75, 3.05) is 67.1 Å². The minimum atomic E-state index is -0.437. The van der Waals surface area contributed by atoms with Gasteiger partial charge in [-0.25, -0.2) is 4.79 Å². The molecule has 0 aliphatic carbocycles. The topological polar surface area (TPSA) is 107 Å². The normalized spacial score (nSPS) is 21.9. The molecule has 2 aromatic carbocycles. The first-order valence-electron chi connectivity index (χ1n) is 15.3. The zero-order chi connectivity index (χ0) is 31.1. The molecule has 0 radical (unpaired) electrons. The van der Waals surface area contributed by atoms with Gasteiger partial charge in [-0.15, -0.1) is 0 Å². The van der Waals surface area contributed by atoms with E-state index in [1.807, 2.05) is 10.9 Å². The lowest BCUT2D eigenvalue weighted by Crippen LogP contribution is -2.34. The molecule has 44 heavy (non-hydrogen) atoms. The van der Waals surface area contributed by atoms with Gasteiger partial charge >= 0.3 is 5.97 Å². The Kier molecular flexibility index (Phi) is 10.8. The van der Waals surface area contributed by atoms with Gasteiger partial charge in [-0.2, -0.15) is 5.10 Å². The number of methoxy groups -OCH3 is 3. The maximum atomic E-state index is 13.4. The molecule has 2 aliphatic heterocycles. The average Bonchev–Trinajstić information content (AvgIpc) is 3.31. The molecule has 11 nitrogen and oxygen atoms in total. The van der Waals surface area contributed by atoms with Gasteiger partial charge < -0.3 is 34.1 Å². The third-order valence-electron chi connectivity index (χ3n) is 8.36. The summed E-state index contributed by atoms with van der Waals surface area (Å²) in [5, 5.41) is 9.02. The molecular weight excluding hydrogens is 586 g/mol. The van der Waals surface area contributed by atoms with Gasteiger partial charge in [0.15, 0.2) is 11.5 Å². The van der Waals surface area contributed by atoms with Gasteiger partial charge in [-0.3, -0.25) is 9.48 Å². The number of esters is 1. The Morgan fingerprint density at radius 1 is 0.864 bits per heavy atom. The van der Waals surface area contributed by atoms with Crippen molar-refractivity contribution in [1.82, 2.24) is 24.9 Å². The number of halogens is 1. The minimum Gasteiger partial charge on any atom is -0.493 e. The Morgan fingerprint density at radius 3 is 2.27 bits per heavy atom. The van der Waals surface area contributed by atoms with Gasteiger partial charge in [0.25, 0.3) is 5.91 Å². The number of benzene rings is 2. The summed E-state index contributed by atoms with van der Waals surface area (Å²) < 4.78 is 24.3. The van der Waals surface area contributed by atoms with Crippen LogP contribution in [0, 0.1) is 0 Å². The number of amides is 1. The summed E-state index contributed by atoms with van der Waals surface area (Å²) in [6.07, 6.45) is 5.67. The number of hydrogen-bond donors (Lipinski definition) is 1. The number of nitrogens with one attached hydrogen (secondary N) is 1. The lowest BCUT2D eigenvalue weighted by atomic mass is 10.1. The van der Waals surface area contributed by atoms with Gasteiger partial charge in [-0.1, -0.05) is 11.6 Å². The molecule has 2 aliphatic rings. The molecule has 3 atom stereocenters. The van der Waals surface area contributed by atoms with Crippen molar-refractivity contribution in [3.8, 4) is 17.2 Å². The molecule has 5 rings (SSSR count). The lowest BCUT2D eigenvalue weighted by molar-refractivity contribution is 0.0227. The van der Waals surface area contributed by atoms with E-state index < -0.39 is 5.97 Å². The molecule has 12 heteroatoms. The quantitative estimate of drug-likeness (QED) is 0.415. The summed E-state index contributed by atoms with van der Waals surface area (Å²) >= 11 is 6.56. The monoisotopic (exact) mass is 627 g/mol. The van der Waals surface area contributed by atoms with Crippen LogP contribution in [0.1, 0.15) is 52.8 Å². The highest BCUT2D eigenvalue weighted by molar-refractivity contribution is 6.35. The highest BCUT2D eigenvalue weighted by Crippen LogP contribution is 2.38. The largest absolute Gasteiger partial charge is 0.493 e. The molecule has 238 valence electrons. The van der Waals surface area contributed by atoms with Gasteiger partial charge in [0, 0.05) is 49.9 Å².